The smallest absolute Gasteiger partial charge is 0.291 e. The maximum absolute atomic E-state index is 8.36. The Morgan fingerprint density at radius 3 is 2.64 bits per heavy atom. The lowest BCUT2D eigenvalue weighted by Gasteiger charge is -1.90. The van der Waals surface area contributed by atoms with Crippen molar-refractivity contribution in [3.05, 3.63) is 27.8 Å². The highest BCUT2D eigenvalue weighted by molar-refractivity contribution is 4.98. The van der Waals surface area contributed by atoms with E-state index in [2.05, 4.69) is 16.9 Å². The highest BCUT2D eigenvalue weighted by Gasteiger charge is 1.94. The SMILES string of the molecule is CCCCc1nc(C)c[nH]1.O=[N+]([O-])O. The van der Waals surface area contributed by atoms with Crippen LogP contribution in [0.5, 0.6) is 0 Å². The molecule has 1 heterocycles. The van der Waals surface area contributed by atoms with Crippen LogP contribution in [0.15, 0.2) is 6.20 Å². The predicted molar refractivity (Wildman–Crippen MR) is 50.7 cm³/mol. The second-order valence-corrected chi connectivity index (χ2v) is 2.83. The van der Waals surface area contributed by atoms with E-state index >= 15 is 0 Å². The summed E-state index contributed by atoms with van der Waals surface area (Å²) >= 11 is 0. The average molecular weight is 201 g/mol. The van der Waals surface area contributed by atoms with E-state index in [9.17, 15) is 0 Å². The number of nitrogens with one attached hydrogen (secondary N) is 1. The van der Waals surface area contributed by atoms with Gasteiger partial charge in [-0.3, -0.25) is 0 Å². The van der Waals surface area contributed by atoms with Crippen LogP contribution in [0.4, 0.5) is 0 Å². The number of unbranched alkanes of at least 4 members (excludes halogenated alkanes) is 1. The standard InChI is InChI=1S/C8H14N2.HNO3/c1-3-4-5-8-9-6-7(2)10-8;2-1(3)4/h6H,3-5H2,1-2H3,(H,9,10);(H,2,3,4). The number of rotatable bonds is 3. The number of hydrogen-bond acceptors (Lipinski definition) is 3. The fraction of sp³-hybridized carbons (Fsp3) is 0.625. The van der Waals surface area contributed by atoms with Crippen LogP contribution in [0, 0.1) is 17.0 Å². The van der Waals surface area contributed by atoms with Crippen molar-refractivity contribution in [1.29, 1.82) is 0 Å². The van der Waals surface area contributed by atoms with Crippen LogP contribution in [-0.4, -0.2) is 20.3 Å². The molecule has 6 heteroatoms. The number of H-pyrrole nitrogens is 1. The summed E-state index contributed by atoms with van der Waals surface area (Å²) in [6.07, 6.45) is 5.50. The Balaban J connectivity index is 0.000000364. The molecule has 80 valence electrons. The van der Waals surface area contributed by atoms with Crippen molar-refractivity contribution in [1.82, 2.24) is 9.97 Å². The Morgan fingerprint density at radius 1 is 1.71 bits per heavy atom. The highest BCUT2D eigenvalue weighted by Crippen LogP contribution is 1.99. The average Bonchev–Trinajstić information content (AvgIpc) is 2.47. The molecule has 0 radical (unpaired) electrons. The van der Waals surface area contributed by atoms with E-state index < -0.39 is 5.09 Å². The summed E-state index contributed by atoms with van der Waals surface area (Å²) in [7, 11) is 0. The van der Waals surface area contributed by atoms with Crippen LogP contribution < -0.4 is 0 Å². The van der Waals surface area contributed by atoms with Gasteiger partial charge in [-0.2, -0.15) is 0 Å². The minimum atomic E-state index is -1.50. The van der Waals surface area contributed by atoms with E-state index in [0.717, 1.165) is 17.9 Å². The molecule has 2 N–H and O–H groups in total. The van der Waals surface area contributed by atoms with Crippen LogP contribution in [0.3, 0.4) is 0 Å². The number of imidazole rings is 1. The zero-order valence-electron chi connectivity index (χ0n) is 8.36. The fourth-order valence-corrected chi connectivity index (χ4v) is 0.937. The van der Waals surface area contributed by atoms with Gasteiger partial charge < -0.3 is 10.2 Å². The first-order valence-corrected chi connectivity index (χ1v) is 4.40. The molecule has 0 aromatic carbocycles. The Hall–Kier alpha value is -1.59. The van der Waals surface area contributed by atoms with Crippen molar-refractivity contribution in [2.45, 2.75) is 33.1 Å². The maximum atomic E-state index is 8.36. The summed E-state index contributed by atoms with van der Waals surface area (Å²) in [6.45, 7) is 4.20. The third-order valence-corrected chi connectivity index (χ3v) is 1.53. The van der Waals surface area contributed by atoms with Crippen molar-refractivity contribution in [3.8, 4) is 0 Å². The summed E-state index contributed by atoms with van der Waals surface area (Å²) in [5.41, 5.74) is 1.09. The molecule has 0 aliphatic heterocycles. The van der Waals surface area contributed by atoms with Gasteiger partial charge in [0.25, 0.3) is 5.09 Å². The molecule has 0 unspecified atom stereocenters. The summed E-state index contributed by atoms with van der Waals surface area (Å²) in [6, 6.07) is 0. The van der Waals surface area contributed by atoms with Crippen molar-refractivity contribution < 1.29 is 10.3 Å². The maximum Gasteiger partial charge on any atom is 0.291 e. The lowest BCUT2D eigenvalue weighted by molar-refractivity contribution is -0.742. The minimum absolute atomic E-state index is 1.09. The van der Waals surface area contributed by atoms with Crippen LogP contribution in [-0.2, 0) is 6.42 Å². The molecule has 1 aromatic rings. The van der Waals surface area contributed by atoms with E-state index in [1.165, 1.54) is 12.8 Å². The summed E-state index contributed by atoms with van der Waals surface area (Å²) in [4.78, 5) is 15.8. The van der Waals surface area contributed by atoms with E-state index in [-0.39, 0.29) is 0 Å². The number of hydrogen-bond donors (Lipinski definition) is 2. The van der Waals surface area contributed by atoms with Gasteiger partial charge in [0.05, 0.1) is 5.69 Å². The molecule has 0 saturated heterocycles. The Labute approximate surface area is 82.1 Å². The number of nitrogens with zero attached hydrogens (tertiary/aromatic N) is 2. The first-order valence-electron chi connectivity index (χ1n) is 4.40. The normalized spacial score (nSPS) is 9.00. The van der Waals surface area contributed by atoms with Gasteiger partial charge in [-0.25, -0.2) is 4.98 Å². The Bertz CT molecular complexity index is 269. The zero-order chi connectivity index (χ0) is 11.0. The Kier molecular flexibility index (Phi) is 6.09. The van der Waals surface area contributed by atoms with E-state index in [1.54, 1.807) is 0 Å². The molecule has 0 aliphatic carbocycles. The monoisotopic (exact) mass is 201 g/mol. The molecule has 0 bridgehead atoms. The molecule has 1 rings (SSSR count). The van der Waals surface area contributed by atoms with Gasteiger partial charge in [-0.1, -0.05) is 13.3 Å². The zero-order valence-corrected chi connectivity index (χ0v) is 8.36. The van der Waals surface area contributed by atoms with Gasteiger partial charge in [0.2, 0.25) is 0 Å². The molecule has 0 aliphatic rings. The van der Waals surface area contributed by atoms with Crippen LogP contribution in [0.25, 0.3) is 0 Å². The summed E-state index contributed by atoms with van der Waals surface area (Å²) in [5, 5.41) is 13.6. The van der Waals surface area contributed by atoms with Gasteiger partial charge in [0, 0.05) is 12.6 Å². The van der Waals surface area contributed by atoms with Gasteiger partial charge >= 0.3 is 0 Å². The van der Waals surface area contributed by atoms with Crippen molar-refractivity contribution in [2.75, 3.05) is 0 Å². The van der Waals surface area contributed by atoms with Gasteiger partial charge in [-0.15, -0.1) is 10.1 Å². The van der Waals surface area contributed by atoms with E-state index in [0.29, 0.717) is 0 Å². The van der Waals surface area contributed by atoms with Crippen molar-refractivity contribution >= 4 is 0 Å². The van der Waals surface area contributed by atoms with Crippen molar-refractivity contribution in [3.63, 3.8) is 0 Å². The number of aromatic amines is 1. The summed E-state index contributed by atoms with van der Waals surface area (Å²) < 4.78 is 0. The lowest BCUT2D eigenvalue weighted by atomic mass is 10.2. The molecule has 0 spiro atoms. The molecular weight excluding hydrogens is 186 g/mol. The number of aryl methyl sites for hydroxylation is 2. The third-order valence-electron chi connectivity index (χ3n) is 1.53. The molecule has 0 fully saturated rings. The van der Waals surface area contributed by atoms with E-state index in [1.807, 2.05) is 13.1 Å². The molecule has 14 heavy (non-hydrogen) atoms. The van der Waals surface area contributed by atoms with Crippen LogP contribution >= 0.6 is 0 Å². The van der Waals surface area contributed by atoms with Crippen LogP contribution in [0.1, 0.15) is 31.3 Å². The largest absolute Gasteiger partial charge is 0.348 e. The molecule has 0 atom stereocenters. The van der Waals surface area contributed by atoms with E-state index in [4.69, 9.17) is 15.3 Å². The summed E-state index contributed by atoms with van der Waals surface area (Å²) in [5.74, 6) is 1.12. The quantitative estimate of drug-likeness (QED) is 0.575. The fourth-order valence-electron chi connectivity index (χ4n) is 0.937. The first kappa shape index (κ1) is 12.4. The second-order valence-electron chi connectivity index (χ2n) is 2.83. The highest BCUT2D eigenvalue weighted by atomic mass is 16.9. The molecule has 1 aromatic heterocycles. The third kappa shape index (κ3) is 7.08. The van der Waals surface area contributed by atoms with Gasteiger partial charge in [0.15, 0.2) is 0 Å². The lowest BCUT2D eigenvalue weighted by Crippen LogP contribution is -1.86. The van der Waals surface area contributed by atoms with Crippen LogP contribution in [0.2, 0.25) is 0 Å². The first-order chi connectivity index (χ1) is 6.56. The second kappa shape index (κ2) is 6.88. The molecule has 6 nitrogen and oxygen atoms in total. The predicted octanol–water partition coefficient (Wildman–Crippen LogP) is 1.71. The topological polar surface area (TPSA) is 92.0 Å². The van der Waals surface area contributed by atoms with Gasteiger partial charge in [-0.05, 0) is 13.3 Å². The molecule has 0 amide bonds. The minimum Gasteiger partial charge on any atom is -0.348 e. The number of aromatic nitrogens is 2. The Morgan fingerprint density at radius 2 is 2.29 bits per heavy atom. The van der Waals surface area contributed by atoms with Crippen molar-refractivity contribution in [2.24, 2.45) is 0 Å². The molecular formula is C8H15N3O3. The molecule has 0 saturated carbocycles. The van der Waals surface area contributed by atoms with Gasteiger partial charge in [0.1, 0.15) is 5.82 Å².